The van der Waals surface area contributed by atoms with Gasteiger partial charge in [0.05, 0.1) is 5.00 Å². The maximum atomic E-state index is 3.51. The molecule has 1 aromatic heterocycles. The van der Waals surface area contributed by atoms with Crippen LogP contribution in [-0.4, -0.2) is 44.2 Å². The van der Waals surface area contributed by atoms with Crippen LogP contribution in [0.3, 0.4) is 0 Å². The molecule has 1 saturated heterocycles. The predicted molar refractivity (Wildman–Crippen MR) is 62.1 cm³/mol. The summed E-state index contributed by atoms with van der Waals surface area (Å²) >= 11 is 1.76. The van der Waals surface area contributed by atoms with Crippen LogP contribution in [0.15, 0.2) is 17.5 Å². The number of hydrogen-bond acceptors (Lipinski definition) is 4. The quantitative estimate of drug-likeness (QED) is 0.783. The van der Waals surface area contributed by atoms with E-state index in [0.29, 0.717) is 6.04 Å². The van der Waals surface area contributed by atoms with E-state index in [1.54, 1.807) is 11.3 Å². The molecule has 0 saturated carbocycles. The SMILES string of the molecule is CN1CCNC(CNc2cccs2)C1. The van der Waals surface area contributed by atoms with Crippen LogP contribution in [0.4, 0.5) is 5.00 Å². The molecule has 2 N–H and O–H groups in total. The monoisotopic (exact) mass is 211 g/mol. The zero-order valence-corrected chi connectivity index (χ0v) is 9.31. The molecule has 0 spiro atoms. The summed E-state index contributed by atoms with van der Waals surface area (Å²) in [7, 11) is 2.18. The summed E-state index contributed by atoms with van der Waals surface area (Å²) in [4.78, 5) is 2.37. The molecule has 78 valence electrons. The Morgan fingerprint density at radius 3 is 3.36 bits per heavy atom. The third-order valence-electron chi connectivity index (χ3n) is 2.50. The molecule has 2 heterocycles. The second-order valence-electron chi connectivity index (χ2n) is 3.77. The molecular weight excluding hydrogens is 194 g/mol. The van der Waals surface area contributed by atoms with E-state index >= 15 is 0 Å². The van der Waals surface area contributed by atoms with E-state index in [4.69, 9.17) is 0 Å². The average molecular weight is 211 g/mol. The number of nitrogens with one attached hydrogen (secondary N) is 2. The Morgan fingerprint density at radius 2 is 2.64 bits per heavy atom. The normalized spacial score (nSPS) is 23.6. The highest BCUT2D eigenvalue weighted by atomic mass is 32.1. The van der Waals surface area contributed by atoms with Gasteiger partial charge >= 0.3 is 0 Å². The third-order valence-corrected chi connectivity index (χ3v) is 3.33. The van der Waals surface area contributed by atoms with Gasteiger partial charge in [0.15, 0.2) is 0 Å². The van der Waals surface area contributed by atoms with Crippen molar-refractivity contribution in [3.8, 4) is 0 Å². The Labute approximate surface area is 89.1 Å². The Morgan fingerprint density at radius 1 is 1.71 bits per heavy atom. The van der Waals surface area contributed by atoms with Crippen molar-refractivity contribution in [3.05, 3.63) is 17.5 Å². The maximum absolute atomic E-state index is 3.51. The number of thiophene rings is 1. The van der Waals surface area contributed by atoms with E-state index in [1.165, 1.54) is 5.00 Å². The van der Waals surface area contributed by atoms with Gasteiger partial charge in [-0.2, -0.15) is 0 Å². The molecule has 1 fully saturated rings. The van der Waals surface area contributed by atoms with Crippen LogP contribution in [0, 0.1) is 0 Å². The van der Waals surface area contributed by atoms with Gasteiger partial charge in [0.2, 0.25) is 0 Å². The minimum Gasteiger partial charge on any atom is -0.375 e. The lowest BCUT2D eigenvalue weighted by molar-refractivity contribution is 0.244. The summed E-state index contributed by atoms with van der Waals surface area (Å²) in [6.45, 7) is 4.42. The van der Waals surface area contributed by atoms with Crippen molar-refractivity contribution in [1.82, 2.24) is 10.2 Å². The molecule has 1 aliphatic heterocycles. The molecular formula is C10H17N3S. The molecule has 0 bridgehead atoms. The minimum absolute atomic E-state index is 0.579. The first-order valence-electron chi connectivity index (χ1n) is 5.04. The van der Waals surface area contributed by atoms with E-state index in [1.807, 2.05) is 0 Å². The van der Waals surface area contributed by atoms with Crippen LogP contribution < -0.4 is 10.6 Å². The van der Waals surface area contributed by atoms with Crippen LogP contribution >= 0.6 is 11.3 Å². The number of likely N-dealkylation sites (N-methyl/N-ethyl adjacent to an activating group) is 1. The first kappa shape index (κ1) is 9.96. The smallest absolute Gasteiger partial charge is 0.0882 e. The summed E-state index contributed by atoms with van der Waals surface area (Å²) in [5.41, 5.74) is 0. The molecule has 14 heavy (non-hydrogen) atoms. The topological polar surface area (TPSA) is 27.3 Å². The Balaban J connectivity index is 1.75. The predicted octanol–water partition coefficient (Wildman–Crippen LogP) is 1.06. The first-order chi connectivity index (χ1) is 6.84. The molecule has 2 rings (SSSR count). The van der Waals surface area contributed by atoms with E-state index < -0.39 is 0 Å². The number of anilines is 1. The molecule has 1 unspecified atom stereocenters. The molecule has 3 nitrogen and oxygen atoms in total. The Kier molecular flexibility index (Phi) is 3.39. The highest BCUT2D eigenvalue weighted by Crippen LogP contribution is 2.14. The van der Waals surface area contributed by atoms with E-state index in [9.17, 15) is 0 Å². The first-order valence-corrected chi connectivity index (χ1v) is 5.92. The van der Waals surface area contributed by atoms with Gasteiger partial charge in [-0.1, -0.05) is 0 Å². The zero-order valence-electron chi connectivity index (χ0n) is 8.49. The van der Waals surface area contributed by atoms with Gasteiger partial charge in [-0.3, -0.25) is 0 Å². The molecule has 1 aliphatic rings. The summed E-state index contributed by atoms with van der Waals surface area (Å²) in [6.07, 6.45) is 0. The van der Waals surface area contributed by atoms with E-state index in [-0.39, 0.29) is 0 Å². The van der Waals surface area contributed by atoms with Gasteiger partial charge in [-0.05, 0) is 24.6 Å². The highest BCUT2D eigenvalue weighted by Gasteiger charge is 2.15. The van der Waals surface area contributed by atoms with Gasteiger partial charge < -0.3 is 15.5 Å². The second kappa shape index (κ2) is 4.77. The molecule has 0 aromatic carbocycles. The van der Waals surface area contributed by atoms with Crippen LogP contribution in [0.5, 0.6) is 0 Å². The molecule has 0 radical (unpaired) electrons. The van der Waals surface area contributed by atoms with Gasteiger partial charge in [0, 0.05) is 32.2 Å². The lowest BCUT2D eigenvalue weighted by Crippen LogP contribution is -2.51. The molecule has 1 atom stereocenters. The third kappa shape index (κ3) is 2.70. The van der Waals surface area contributed by atoms with Crippen molar-refractivity contribution in [2.24, 2.45) is 0 Å². The zero-order chi connectivity index (χ0) is 9.80. The van der Waals surface area contributed by atoms with Crippen molar-refractivity contribution in [1.29, 1.82) is 0 Å². The number of hydrogen-bond donors (Lipinski definition) is 2. The summed E-state index contributed by atoms with van der Waals surface area (Å²) in [5, 5.41) is 10.3. The lowest BCUT2D eigenvalue weighted by Gasteiger charge is -2.31. The maximum Gasteiger partial charge on any atom is 0.0882 e. The van der Waals surface area contributed by atoms with Crippen LogP contribution in [0.2, 0.25) is 0 Å². The minimum atomic E-state index is 0.579. The van der Waals surface area contributed by atoms with Crippen molar-refractivity contribution in [2.45, 2.75) is 6.04 Å². The fourth-order valence-electron chi connectivity index (χ4n) is 1.73. The molecule has 4 heteroatoms. The van der Waals surface area contributed by atoms with Gasteiger partial charge in [0.25, 0.3) is 0 Å². The van der Waals surface area contributed by atoms with E-state index in [2.05, 4.69) is 40.1 Å². The fourth-order valence-corrected chi connectivity index (χ4v) is 2.36. The number of piperazine rings is 1. The average Bonchev–Trinajstić information content (AvgIpc) is 2.67. The second-order valence-corrected chi connectivity index (χ2v) is 4.72. The van der Waals surface area contributed by atoms with Gasteiger partial charge in [0.1, 0.15) is 0 Å². The van der Waals surface area contributed by atoms with Crippen molar-refractivity contribution < 1.29 is 0 Å². The van der Waals surface area contributed by atoms with Gasteiger partial charge in [-0.15, -0.1) is 11.3 Å². The summed E-state index contributed by atoms with van der Waals surface area (Å²) in [5.74, 6) is 0. The summed E-state index contributed by atoms with van der Waals surface area (Å²) in [6, 6.07) is 4.78. The van der Waals surface area contributed by atoms with Crippen LogP contribution in [-0.2, 0) is 0 Å². The van der Waals surface area contributed by atoms with E-state index in [0.717, 1.165) is 26.2 Å². The fraction of sp³-hybridized carbons (Fsp3) is 0.600. The lowest BCUT2D eigenvalue weighted by atomic mass is 10.2. The standard InChI is InChI=1S/C10H17N3S/c1-13-5-4-11-9(8-13)7-12-10-3-2-6-14-10/h2-3,6,9,11-12H,4-5,7-8H2,1H3. The van der Waals surface area contributed by atoms with Crippen molar-refractivity contribution in [2.75, 3.05) is 38.5 Å². The largest absolute Gasteiger partial charge is 0.375 e. The van der Waals surface area contributed by atoms with Crippen LogP contribution in [0.1, 0.15) is 0 Å². The Bertz CT molecular complexity index is 260. The molecule has 0 amide bonds. The Hall–Kier alpha value is -0.580. The van der Waals surface area contributed by atoms with Crippen molar-refractivity contribution >= 4 is 16.3 Å². The number of nitrogens with zero attached hydrogens (tertiary/aromatic N) is 1. The van der Waals surface area contributed by atoms with Crippen LogP contribution in [0.25, 0.3) is 0 Å². The van der Waals surface area contributed by atoms with Gasteiger partial charge in [-0.25, -0.2) is 0 Å². The molecule has 0 aliphatic carbocycles. The highest BCUT2D eigenvalue weighted by molar-refractivity contribution is 7.14. The molecule has 1 aromatic rings. The number of rotatable bonds is 3. The summed E-state index contributed by atoms with van der Waals surface area (Å²) < 4.78 is 0. The van der Waals surface area contributed by atoms with Crippen molar-refractivity contribution in [3.63, 3.8) is 0 Å².